The molecule has 1 aromatic heterocycles. The van der Waals surface area contributed by atoms with Crippen LogP contribution >= 0.6 is 24.2 Å². The lowest BCUT2D eigenvalue weighted by Gasteiger charge is -2.23. The smallest absolute Gasteiger partial charge is 0.233 e. The summed E-state index contributed by atoms with van der Waals surface area (Å²) in [4.78, 5) is 12.2. The number of hydrogen-bond donors (Lipinski definition) is 2. The molecule has 0 aliphatic rings. The van der Waals surface area contributed by atoms with Gasteiger partial charge < -0.3 is 15.6 Å². The third-order valence-electron chi connectivity index (χ3n) is 2.52. The lowest BCUT2D eigenvalue weighted by molar-refractivity contribution is -0.122. The standard InChI is InChI=1S/C12H23N5OS.ClH/c1-6-8(10(18)14-12(2,3)4)19-11-16-15-9(7-13)17(11)5;/h8H,6-7,13H2,1-5H3,(H,14,18);1H. The molecule has 1 amide bonds. The number of hydrogen-bond acceptors (Lipinski definition) is 5. The molecular weight excluding hydrogens is 298 g/mol. The van der Waals surface area contributed by atoms with E-state index in [0.29, 0.717) is 12.4 Å². The predicted octanol–water partition coefficient (Wildman–Crippen LogP) is 1.48. The van der Waals surface area contributed by atoms with Crippen LogP contribution in [-0.2, 0) is 18.4 Å². The number of thioether (sulfide) groups is 1. The largest absolute Gasteiger partial charge is 0.351 e. The molecule has 1 atom stereocenters. The highest BCUT2D eigenvalue weighted by Gasteiger charge is 2.24. The molecule has 1 rings (SSSR count). The molecule has 20 heavy (non-hydrogen) atoms. The number of nitrogens with zero attached hydrogens (tertiary/aromatic N) is 3. The number of rotatable bonds is 5. The van der Waals surface area contributed by atoms with Gasteiger partial charge in [0.25, 0.3) is 0 Å². The minimum atomic E-state index is -0.229. The maximum atomic E-state index is 12.2. The van der Waals surface area contributed by atoms with Crippen LogP contribution in [0.3, 0.4) is 0 Å². The van der Waals surface area contributed by atoms with Crippen LogP contribution in [-0.4, -0.2) is 31.5 Å². The third kappa shape index (κ3) is 5.30. The summed E-state index contributed by atoms with van der Waals surface area (Å²) >= 11 is 1.42. The molecule has 0 spiro atoms. The van der Waals surface area contributed by atoms with Crippen LogP contribution in [0.15, 0.2) is 5.16 Å². The molecule has 0 bridgehead atoms. The molecular formula is C12H24ClN5OS. The van der Waals surface area contributed by atoms with Crippen molar-refractivity contribution in [2.45, 2.75) is 56.6 Å². The molecule has 0 saturated heterocycles. The number of halogens is 1. The van der Waals surface area contributed by atoms with E-state index in [-0.39, 0.29) is 29.1 Å². The molecule has 116 valence electrons. The lowest BCUT2D eigenvalue weighted by Crippen LogP contribution is -2.44. The van der Waals surface area contributed by atoms with Crippen LogP contribution in [0.1, 0.15) is 39.9 Å². The summed E-state index contributed by atoms with van der Waals surface area (Å²) in [6.07, 6.45) is 0.734. The number of nitrogens with two attached hydrogens (primary N) is 1. The van der Waals surface area contributed by atoms with Gasteiger partial charge in [-0.2, -0.15) is 0 Å². The van der Waals surface area contributed by atoms with Crippen molar-refractivity contribution in [2.75, 3.05) is 0 Å². The first-order valence-electron chi connectivity index (χ1n) is 6.35. The summed E-state index contributed by atoms with van der Waals surface area (Å²) in [6.45, 7) is 8.24. The van der Waals surface area contributed by atoms with E-state index in [1.54, 1.807) is 0 Å². The zero-order chi connectivity index (χ0) is 14.6. The van der Waals surface area contributed by atoms with E-state index in [0.717, 1.165) is 11.6 Å². The Morgan fingerprint density at radius 2 is 2.05 bits per heavy atom. The quantitative estimate of drug-likeness (QED) is 0.802. The van der Waals surface area contributed by atoms with E-state index in [9.17, 15) is 4.79 Å². The van der Waals surface area contributed by atoms with Gasteiger partial charge in [0.15, 0.2) is 5.16 Å². The second-order valence-electron chi connectivity index (χ2n) is 5.42. The zero-order valence-electron chi connectivity index (χ0n) is 12.6. The van der Waals surface area contributed by atoms with Gasteiger partial charge in [0, 0.05) is 12.6 Å². The van der Waals surface area contributed by atoms with Crippen LogP contribution in [0, 0.1) is 0 Å². The van der Waals surface area contributed by atoms with E-state index in [2.05, 4.69) is 15.5 Å². The highest BCUT2D eigenvalue weighted by Crippen LogP contribution is 2.24. The molecule has 1 unspecified atom stereocenters. The first kappa shape index (κ1) is 19.2. The topological polar surface area (TPSA) is 85.8 Å². The van der Waals surface area contributed by atoms with Gasteiger partial charge in [0.05, 0.1) is 11.8 Å². The molecule has 0 saturated carbocycles. The minimum absolute atomic E-state index is 0. The van der Waals surface area contributed by atoms with Gasteiger partial charge in [-0.25, -0.2) is 0 Å². The van der Waals surface area contributed by atoms with E-state index < -0.39 is 0 Å². The lowest BCUT2D eigenvalue weighted by atomic mass is 10.1. The Balaban J connectivity index is 0.00000361. The Kier molecular flexibility index (Phi) is 7.54. The molecule has 8 heteroatoms. The van der Waals surface area contributed by atoms with E-state index in [1.165, 1.54) is 11.8 Å². The van der Waals surface area contributed by atoms with Crippen molar-refractivity contribution < 1.29 is 4.79 Å². The fraction of sp³-hybridized carbons (Fsp3) is 0.750. The number of amides is 1. The maximum absolute atomic E-state index is 12.2. The Bertz CT molecular complexity index is 444. The number of carbonyl (C=O) groups is 1. The van der Waals surface area contributed by atoms with Gasteiger partial charge in [-0.15, -0.1) is 22.6 Å². The summed E-state index contributed by atoms with van der Waals surface area (Å²) in [5.41, 5.74) is 5.33. The molecule has 0 aliphatic carbocycles. The fourth-order valence-corrected chi connectivity index (χ4v) is 2.46. The highest BCUT2D eigenvalue weighted by atomic mass is 35.5. The van der Waals surface area contributed by atoms with Gasteiger partial charge in [0.2, 0.25) is 5.91 Å². The Hall–Kier alpha value is -0.790. The van der Waals surface area contributed by atoms with Crippen LogP contribution in [0.2, 0.25) is 0 Å². The number of aromatic nitrogens is 3. The summed E-state index contributed by atoms with van der Waals surface area (Å²) in [5, 5.41) is 11.6. The van der Waals surface area contributed by atoms with E-state index in [4.69, 9.17) is 5.73 Å². The Morgan fingerprint density at radius 1 is 1.45 bits per heavy atom. The van der Waals surface area contributed by atoms with Crippen molar-refractivity contribution in [3.63, 3.8) is 0 Å². The summed E-state index contributed by atoms with van der Waals surface area (Å²) < 4.78 is 1.83. The molecule has 6 nitrogen and oxygen atoms in total. The average molecular weight is 322 g/mol. The van der Waals surface area contributed by atoms with E-state index in [1.807, 2.05) is 39.3 Å². The first-order chi connectivity index (χ1) is 8.78. The molecule has 0 fully saturated rings. The third-order valence-corrected chi connectivity index (χ3v) is 3.92. The van der Waals surface area contributed by atoms with Crippen molar-refractivity contribution in [1.82, 2.24) is 20.1 Å². The normalized spacial score (nSPS) is 12.7. The first-order valence-corrected chi connectivity index (χ1v) is 7.23. The average Bonchev–Trinajstić information content (AvgIpc) is 2.64. The minimum Gasteiger partial charge on any atom is -0.351 e. The van der Waals surface area contributed by atoms with Crippen LogP contribution in [0.25, 0.3) is 0 Å². The van der Waals surface area contributed by atoms with Crippen LogP contribution < -0.4 is 11.1 Å². The van der Waals surface area contributed by atoms with Crippen molar-refractivity contribution in [2.24, 2.45) is 12.8 Å². The molecule has 3 N–H and O–H groups in total. The number of nitrogens with one attached hydrogen (secondary N) is 1. The molecule has 1 heterocycles. The maximum Gasteiger partial charge on any atom is 0.233 e. The molecule has 1 aromatic rings. The van der Waals surface area contributed by atoms with Crippen LogP contribution in [0.5, 0.6) is 0 Å². The predicted molar refractivity (Wildman–Crippen MR) is 84.0 cm³/mol. The Morgan fingerprint density at radius 3 is 2.45 bits per heavy atom. The van der Waals surface area contributed by atoms with Gasteiger partial charge in [-0.3, -0.25) is 4.79 Å². The van der Waals surface area contributed by atoms with Gasteiger partial charge in [-0.05, 0) is 27.2 Å². The van der Waals surface area contributed by atoms with Gasteiger partial charge >= 0.3 is 0 Å². The molecule has 0 radical (unpaired) electrons. The van der Waals surface area contributed by atoms with E-state index >= 15 is 0 Å². The van der Waals surface area contributed by atoms with Crippen molar-refractivity contribution >= 4 is 30.1 Å². The monoisotopic (exact) mass is 321 g/mol. The second kappa shape index (κ2) is 7.85. The van der Waals surface area contributed by atoms with Crippen LogP contribution in [0.4, 0.5) is 0 Å². The summed E-state index contributed by atoms with van der Waals surface area (Å²) in [7, 11) is 1.86. The SMILES string of the molecule is CCC(Sc1nnc(CN)n1C)C(=O)NC(C)(C)C.Cl. The summed E-state index contributed by atoms with van der Waals surface area (Å²) in [5.74, 6) is 0.742. The van der Waals surface area contributed by atoms with Gasteiger partial charge in [0.1, 0.15) is 5.82 Å². The van der Waals surface area contributed by atoms with Crippen molar-refractivity contribution in [3.8, 4) is 0 Å². The highest BCUT2D eigenvalue weighted by molar-refractivity contribution is 8.00. The second-order valence-corrected chi connectivity index (χ2v) is 6.59. The molecule has 0 aromatic carbocycles. The summed E-state index contributed by atoms with van der Waals surface area (Å²) in [6, 6.07) is 0. The molecule has 0 aliphatic heterocycles. The fourth-order valence-electron chi connectivity index (χ4n) is 1.53. The number of carbonyl (C=O) groups excluding carboxylic acids is 1. The van der Waals surface area contributed by atoms with Crippen molar-refractivity contribution in [1.29, 1.82) is 0 Å². The Labute approximate surface area is 130 Å². The van der Waals surface area contributed by atoms with Crippen molar-refractivity contribution in [3.05, 3.63) is 5.82 Å². The van der Waals surface area contributed by atoms with Gasteiger partial charge in [-0.1, -0.05) is 18.7 Å². The zero-order valence-corrected chi connectivity index (χ0v) is 14.3.